The van der Waals surface area contributed by atoms with Crippen molar-refractivity contribution < 1.29 is 9.59 Å². The van der Waals surface area contributed by atoms with Crippen molar-refractivity contribution in [2.45, 2.75) is 70.3 Å². The average Bonchev–Trinajstić information content (AvgIpc) is 2.61. The molecule has 2 fully saturated rings. The number of nitrogens with zero attached hydrogens (tertiary/aromatic N) is 1. The van der Waals surface area contributed by atoms with Crippen LogP contribution in [0.25, 0.3) is 0 Å². The third-order valence-corrected chi connectivity index (χ3v) is 5.73. The molecule has 0 bridgehead atoms. The van der Waals surface area contributed by atoms with Crippen LogP contribution in [0.4, 0.5) is 0 Å². The predicted molar refractivity (Wildman–Crippen MR) is 95.2 cm³/mol. The van der Waals surface area contributed by atoms with E-state index in [1.54, 1.807) is 0 Å². The fourth-order valence-corrected chi connectivity index (χ4v) is 4.17. The molecule has 2 rings (SSSR count). The van der Waals surface area contributed by atoms with Gasteiger partial charge in [0.15, 0.2) is 0 Å². The van der Waals surface area contributed by atoms with Crippen LogP contribution in [0, 0.1) is 5.41 Å². The molecule has 0 aromatic carbocycles. The van der Waals surface area contributed by atoms with Crippen molar-refractivity contribution in [1.82, 2.24) is 10.2 Å². The quantitative estimate of drug-likeness (QED) is 0.647. The molecule has 24 heavy (non-hydrogen) atoms. The van der Waals surface area contributed by atoms with Crippen LogP contribution in [0.2, 0.25) is 0 Å². The van der Waals surface area contributed by atoms with Gasteiger partial charge in [0.05, 0.1) is 0 Å². The summed E-state index contributed by atoms with van der Waals surface area (Å²) in [6, 6.07) is 0.117. The number of piperidine rings is 1. The zero-order valence-corrected chi connectivity index (χ0v) is 14.9. The SMILES string of the molecule is NCCC(=O)NCC1CCCCN1C(=O)CC1(CN)CCCCC1. The second-order valence-corrected chi connectivity index (χ2v) is 7.52. The highest BCUT2D eigenvalue weighted by atomic mass is 16.2. The number of rotatable bonds is 7. The summed E-state index contributed by atoms with van der Waals surface area (Å²) < 4.78 is 0. The maximum Gasteiger partial charge on any atom is 0.223 e. The molecule has 2 amide bonds. The summed E-state index contributed by atoms with van der Waals surface area (Å²) in [5, 5.41) is 2.93. The summed E-state index contributed by atoms with van der Waals surface area (Å²) in [4.78, 5) is 26.6. The summed E-state index contributed by atoms with van der Waals surface area (Å²) in [7, 11) is 0. The second kappa shape index (κ2) is 9.37. The molecule has 138 valence electrons. The minimum atomic E-state index is -0.0267. The van der Waals surface area contributed by atoms with Gasteiger partial charge < -0.3 is 21.7 Å². The number of likely N-dealkylation sites (tertiary alicyclic amines) is 1. The molecule has 1 unspecified atom stereocenters. The first-order valence-electron chi connectivity index (χ1n) is 9.56. The molecule has 1 saturated heterocycles. The fraction of sp³-hybridized carbons (Fsp3) is 0.889. The van der Waals surface area contributed by atoms with Crippen molar-refractivity contribution >= 4 is 11.8 Å². The van der Waals surface area contributed by atoms with Gasteiger partial charge in [-0.3, -0.25) is 9.59 Å². The minimum Gasteiger partial charge on any atom is -0.354 e. The summed E-state index contributed by atoms with van der Waals surface area (Å²) >= 11 is 0. The monoisotopic (exact) mass is 338 g/mol. The lowest BCUT2D eigenvalue weighted by Crippen LogP contribution is -2.51. The highest BCUT2D eigenvalue weighted by molar-refractivity contribution is 5.78. The standard InChI is InChI=1S/C18H34N4O2/c19-10-7-16(23)21-13-15-6-2-5-11-22(15)17(24)12-18(14-20)8-3-1-4-9-18/h15H,1-14,19-20H2,(H,21,23). The van der Waals surface area contributed by atoms with E-state index in [0.29, 0.717) is 32.5 Å². The third kappa shape index (κ3) is 5.18. The first kappa shape index (κ1) is 19.2. The summed E-state index contributed by atoms with van der Waals surface area (Å²) in [5.41, 5.74) is 11.5. The molecule has 0 radical (unpaired) electrons. The molecule has 0 aromatic rings. The molecule has 6 nitrogen and oxygen atoms in total. The van der Waals surface area contributed by atoms with Crippen LogP contribution < -0.4 is 16.8 Å². The molecular formula is C18H34N4O2. The van der Waals surface area contributed by atoms with Crippen LogP contribution in [0.5, 0.6) is 0 Å². The van der Waals surface area contributed by atoms with E-state index in [1.165, 1.54) is 19.3 Å². The van der Waals surface area contributed by atoms with Gasteiger partial charge in [-0.05, 0) is 44.1 Å². The van der Waals surface area contributed by atoms with E-state index in [-0.39, 0.29) is 23.3 Å². The average molecular weight is 338 g/mol. The molecule has 6 heteroatoms. The molecule has 1 aliphatic carbocycles. The van der Waals surface area contributed by atoms with Gasteiger partial charge >= 0.3 is 0 Å². The van der Waals surface area contributed by atoms with E-state index in [0.717, 1.165) is 38.6 Å². The zero-order chi connectivity index (χ0) is 17.4. The lowest BCUT2D eigenvalue weighted by atomic mass is 9.71. The molecule has 1 aliphatic heterocycles. The van der Waals surface area contributed by atoms with Gasteiger partial charge in [-0.15, -0.1) is 0 Å². The first-order valence-corrected chi connectivity index (χ1v) is 9.56. The van der Waals surface area contributed by atoms with Crippen LogP contribution in [0.3, 0.4) is 0 Å². The summed E-state index contributed by atoms with van der Waals surface area (Å²) in [6.07, 6.45) is 9.80. The number of carbonyl (C=O) groups is 2. The Hall–Kier alpha value is -1.14. The van der Waals surface area contributed by atoms with Crippen molar-refractivity contribution in [3.63, 3.8) is 0 Å². The Kier molecular flexibility index (Phi) is 7.49. The molecule has 0 aromatic heterocycles. The predicted octanol–water partition coefficient (Wildman–Crippen LogP) is 1.13. The summed E-state index contributed by atoms with van der Waals surface area (Å²) in [5.74, 6) is 0.196. The molecule has 0 spiro atoms. The van der Waals surface area contributed by atoms with Gasteiger partial charge in [0.25, 0.3) is 0 Å². The van der Waals surface area contributed by atoms with E-state index in [1.807, 2.05) is 4.90 Å². The van der Waals surface area contributed by atoms with Gasteiger partial charge in [-0.1, -0.05) is 19.3 Å². The van der Waals surface area contributed by atoms with Crippen LogP contribution in [0.1, 0.15) is 64.2 Å². The van der Waals surface area contributed by atoms with Crippen LogP contribution in [-0.2, 0) is 9.59 Å². The lowest BCUT2D eigenvalue weighted by molar-refractivity contribution is -0.138. The second-order valence-electron chi connectivity index (χ2n) is 7.52. The van der Waals surface area contributed by atoms with Crippen molar-refractivity contribution in [2.75, 3.05) is 26.2 Å². The van der Waals surface area contributed by atoms with E-state index in [9.17, 15) is 9.59 Å². The van der Waals surface area contributed by atoms with Crippen molar-refractivity contribution in [1.29, 1.82) is 0 Å². The third-order valence-electron chi connectivity index (χ3n) is 5.73. The van der Waals surface area contributed by atoms with E-state index in [2.05, 4.69) is 5.32 Å². The molecule has 1 atom stereocenters. The topological polar surface area (TPSA) is 101 Å². The zero-order valence-electron chi connectivity index (χ0n) is 14.9. The van der Waals surface area contributed by atoms with Gasteiger partial charge in [0.1, 0.15) is 0 Å². The Labute approximate surface area is 145 Å². The highest BCUT2D eigenvalue weighted by Crippen LogP contribution is 2.39. The smallest absolute Gasteiger partial charge is 0.223 e. The van der Waals surface area contributed by atoms with E-state index >= 15 is 0 Å². The fourth-order valence-electron chi connectivity index (χ4n) is 4.17. The number of carbonyl (C=O) groups excluding carboxylic acids is 2. The molecule has 1 saturated carbocycles. The van der Waals surface area contributed by atoms with E-state index in [4.69, 9.17) is 11.5 Å². The Morgan fingerprint density at radius 3 is 2.50 bits per heavy atom. The number of nitrogens with two attached hydrogens (primary N) is 2. The number of nitrogens with one attached hydrogen (secondary N) is 1. The van der Waals surface area contributed by atoms with Gasteiger partial charge in [-0.2, -0.15) is 0 Å². The Bertz CT molecular complexity index is 421. The highest BCUT2D eigenvalue weighted by Gasteiger charge is 2.36. The normalized spacial score (nSPS) is 23.8. The number of hydrogen-bond acceptors (Lipinski definition) is 4. The molecular weight excluding hydrogens is 304 g/mol. The Morgan fingerprint density at radius 1 is 1.08 bits per heavy atom. The minimum absolute atomic E-state index is 0.000127. The van der Waals surface area contributed by atoms with Crippen molar-refractivity contribution in [3.05, 3.63) is 0 Å². The van der Waals surface area contributed by atoms with Crippen molar-refractivity contribution in [2.24, 2.45) is 16.9 Å². The Morgan fingerprint density at radius 2 is 1.83 bits per heavy atom. The van der Waals surface area contributed by atoms with Crippen molar-refractivity contribution in [3.8, 4) is 0 Å². The molecule has 5 N–H and O–H groups in total. The number of amides is 2. The molecule has 1 heterocycles. The maximum atomic E-state index is 12.9. The maximum absolute atomic E-state index is 12.9. The van der Waals surface area contributed by atoms with Gasteiger partial charge in [0, 0.05) is 38.5 Å². The number of hydrogen-bond donors (Lipinski definition) is 3. The van der Waals surface area contributed by atoms with Crippen LogP contribution in [-0.4, -0.2) is 48.9 Å². The van der Waals surface area contributed by atoms with Gasteiger partial charge in [-0.25, -0.2) is 0 Å². The molecule has 2 aliphatic rings. The van der Waals surface area contributed by atoms with E-state index < -0.39 is 0 Å². The van der Waals surface area contributed by atoms with Crippen LogP contribution >= 0.6 is 0 Å². The Balaban J connectivity index is 1.93. The summed E-state index contributed by atoms with van der Waals surface area (Å²) in [6.45, 7) is 2.31. The largest absolute Gasteiger partial charge is 0.354 e. The van der Waals surface area contributed by atoms with Crippen LogP contribution in [0.15, 0.2) is 0 Å². The lowest BCUT2D eigenvalue weighted by Gasteiger charge is -2.41. The first-order chi connectivity index (χ1) is 11.6. The van der Waals surface area contributed by atoms with Gasteiger partial charge in [0.2, 0.25) is 11.8 Å².